The monoisotopic (exact) mass is 523 g/mol. The largest absolute Gasteiger partial charge is 0.454 e. The first-order valence-electron chi connectivity index (χ1n) is 10.8. The lowest BCUT2D eigenvalue weighted by atomic mass is 9.94. The number of carbonyl (C=O) groups excluding carboxylic acids is 2. The summed E-state index contributed by atoms with van der Waals surface area (Å²) in [5.41, 5.74) is 0.543. The summed E-state index contributed by atoms with van der Waals surface area (Å²) in [4.78, 5) is 27.8. The smallest absolute Gasteiger partial charge is 0.329 e. The summed E-state index contributed by atoms with van der Waals surface area (Å²) in [5, 5.41) is 17.5. The van der Waals surface area contributed by atoms with Crippen LogP contribution in [0, 0.1) is 0 Å². The second-order valence-corrected chi connectivity index (χ2v) is 8.93. The number of hydrogen-bond donors (Lipinski definition) is 3. The highest BCUT2D eigenvalue weighted by atomic mass is 79.9. The maximum Gasteiger partial charge on any atom is 0.329 e. The maximum atomic E-state index is 13.6. The Labute approximate surface area is 204 Å². The predicted molar refractivity (Wildman–Crippen MR) is 130 cm³/mol. The Morgan fingerprint density at radius 1 is 1.09 bits per heavy atom. The number of aryl methyl sites for hydroxylation is 1. The van der Waals surface area contributed by atoms with E-state index in [-0.39, 0.29) is 18.9 Å². The topological polar surface area (TPSA) is 100 Å². The van der Waals surface area contributed by atoms with Gasteiger partial charge in [0.15, 0.2) is 11.5 Å². The van der Waals surface area contributed by atoms with Crippen molar-refractivity contribution in [3.63, 3.8) is 0 Å². The third kappa shape index (κ3) is 3.76. The van der Waals surface area contributed by atoms with E-state index in [1.54, 1.807) is 48.5 Å². The average molecular weight is 524 g/mol. The molecule has 3 amide bonds. The quantitative estimate of drug-likeness (QED) is 0.464. The van der Waals surface area contributed by atoms with Crippen molar-refractivity contribution in [2.24, 2.45) is 0 Å². The van der Waals surface area contributed by atoms with Crippen LogP contribution < -0.4 is 25.0 Å². The second kappa shape index (κ2) is 8.66. The SMILES string of the molecule is CCc1ccc(N2C(=O)Nc3ccc(Br)cc3C2(O)C(=O)NCc2ccc3c(c2)OCO3)cc1. The molecule has 0 aromatic heterocycles. The summed E-state index contributed by atoms with van der Waals surface area (Å²) in [6.45, 7) is 2.29. The van der Waals surface area contributed by atoms with Crippen molar-refractivity contribution in [3.05, 3.63) is 81.8 Å². The molecule has 0 radical (unpaired) electrons. The van der Waals surface area contributed by atoms with Crippen molar-refractivity contribution in [1.29, 1.82) is 0 Å². The molecule has 3 aromatic carbocycles. The Kier molecular flexibility index (Phi) is 5.66. The van der Waals surface area contributed by atoms with E-state index in [2.05, 4.69) is 26.6 Å². The third-order valence-corrected chi connectivity index (χ3v) is 6.43. The second-order valence-electron chi connectivity index (χ2n) is 8.02. The Morgan fingerprint density at radius 3 is 2.59 bits per heavy atom. The van der Waals surface area contributed by atoms with Gasteiger partial charge in [0.25, 0.3) is 11.6 Å². The van der Waals surface area contributed by atoms with Gasteiger partial charge in [-0.3, -0.25) is 9.69 Å². The van der Waals surface area contributed by atoms with Gasteiger partial charge in [0.2, 0.25) is 6.79 Å². The van der Waals surface area contributed by atoms with Crippen molar-refractivity contribution in [2.75, 3.05) is 17.0 Å². The van der Waals surface area contributed by atoms with Crippen LogP contribution in [-0.2, 0) is 23.5 Å². The first kappa shape index (κ1) is 22.2. The van der Waals surface area contributed by atoms with E-state index in [9.17, 15) is 14.7 Å². The number of hydrogen-bond acceptors (Lipinski definition) is 5. The van der Waals surface area contributed by atoms with Crippen LogP contribution in [0.2, 0.25) is 0 Å². The zero-order chi connectivity index (χ0) is 23.9. The molecule has 3 aromatic rings. The van der Waals surface area contributed by atoms with Crippen LogP contribution in [0.25, 0.3) is 0 Å². The molecule has 9 heteroatoms. The standard InChI is InChI=1S/C25H22BrN3O5/c1-2-15-3-7-18(8-4-15)29-24(31)28-20-9-6-17(26)12-19(20)25(29,32)23(30)27-13-16-5-10-21-22(11-16)34-14-33-21/h3-12,32H,2,13-14H2,1H3,(H,27,30)(H,28,31). The van der Waals surface area contributed by atoms with Crippen molar-refractivity contribution in [2.45, 2.75) is 25.6 Å². The van der Waals surface area contributed by atoms with Crippen molar-refractivity contribution >= 4 is 39.2 Å². The zero-order valence-corrected chi connectivity index (χ0v) is 19.9. The molecule has 3 N–H and O–H groups in total. The molecule has 2 aliphatic heterocycles. The van der Waals surface area contributed by atoms with Gasteiger partial charge in [0, 0.05) is 22.3 Å². The zero-order valence-electron chi connectivity index (χ0n) is 18.3. The van der Waals surface area contributed by atoms with Gasteiger partial charge >= 0.3 is 6.03 Å². The average Bonchev–Trinajstić information content (AvgIpc) is 3.31. The molecular weight excluding hydrogens is 502 g/mol. The number of nitrogens with zero attached hydrogens (tertiary/aromatic N) is 1. The van der Waals surface area contributed by atoms with Gasteiger partial charge in [-0.15, -0.1) is 0 Å². The van der Waals surface area contributed by atoms with Crippen LogP contribution in [0.3, 0.4) is 0 Å². The maximum absolute atomic E-state index is 13.6. The van der Waals surface area contributed by atoms with Gasteiger partial charge in [0.05, 0.1) is 5.69 Å². The Hall–Kier alpha value is -3.56. The Balaban J connectivity index is 1.52. The highest BCUT2D eigenvalue weighted by Crippen LogP contribution is 2.41. The van der Waals surface area contributed by atoms with Crippen LogP contribution in [0.1, 0.15) is 23.6 Å². The van der Waals surface area contributed by atoms with E-state index >= 15 is 0 Å². The molecule has 2 aliphatic rings. The molecule has 0 bridgehead atoms. The van der Waals surface area contributed by atoms with E-state index < -0.39 is 17.7 Å². The van der Waals surface area contributed by atoms with Gasteiger partial charge in [-0.05, 0) is 60.0 Å². The van der Waals surface area contributed by atoms with Crippen LogP contribution in [0.15, 0.2) is 65.1 Å². The van der Waals surface area contributed by atoms with Crippen LogP contribution in [0.5, 0.6) is 11.5 Å². The number of aliphatic hydroxyl groups is 1. The Morgan fingerprint density at radius 2 is 1.82 bits per heavy atom. The van der Waals surface area contributed by atoms with E-state index in [1.165, 1.54) is 0 Å². The molecule has 0 fully saturated rings. The minimum absolute atomic E-state index is 0.116. The summed E-state index contributed by atoms with van der Waals surface area (Å²) < 4.78 is 11.4. The highest BCUT2D eigenvalue weighted by Gasteiger charge is 2.52. The van der Waals surface area contributed by atoms with E-state index in [4.69, 9.17) is 9.47 Å². The molecule has 0 saturated carbocycles. The number of benzene rings is 3. The van der Waals surface area contributed by atoms with Gasteiger partial charge in [-0.25, -0.2) is 4.79 Å². The van der Waals surface area contributed by atoms with Gasteiger partial charge in [-0.2, -0.15) is 0 Å². The highest BCUT2D eigenvalue weighted by molar-refractivity contribution is 9.10. The summed E-state index contributed by atoms with van der Waals surface area (Å²) in [6, 6.07) is 16.9. The van der Waals surface area contributed by atoms with Crippen molar-refractivity contribution in [1.82, 2.24) is 5.32 Å². The number of urea groups is 1. The lowest BCUT2D eigenvalue weighted by molar-refractivity contribution is -0.140. The molecule has 1 unspecified atom stereocenters. The van der Waals surface area contributed by atoms with Crippen LogP contribution >= 0.6 is 15.9 Å². The van der Waals surface area contributed by atoms with Crippen molar-refractivity contribution in [3.8, 4) is 11.5 Å². The minimum atomic E-state index is -2.29. The first-order valence-corrected chi connectivity index (χ1v) is 11.6. The van der Waals surface area contributed by atoms with Gasteiger partial charge in [0.1, 0.15) is 0 Å². The fourth-order valence-electron chi connectivity index (χ4n) is 4.12. The van der Waals surface area contributed by atoms with E-state index in [0.717, 1.165) is 22.4 Å². The summed E-state index contributed by atoms with van der Waals surface area (Å²) in [7, 11) is 0. The number of rotatable bonds is 5. The van der Waals surface area contributed by atoms with Crippen molar-refractivity contribution < 1.29 is 24.2 Å². The lowest BCUT2D eigenvalue weighted by Crippen LogP contribution is -2.62. The fraction of sp³-hybridized carbons (Fsp3) is 0.200. The normalized spacial score (nSPS) is 18.3. The Bertz CT molecular complexity index is 1280. The molecule has 2 heterocycles. The number of ether oxygens (including phenoxy) is 2. The molecule has 0 spiro atoms. The molecule has 34 heavy (non-hydrogen) atoms. The van der Waals surface area contributed by atoms with Gasteiger partial charge in [-0.1, -0.05) is 41.1 Å². The molecule has 5 rings (SSSR count). The number of halogens is 1. The number of amides is 3. The molecule has 0 saturated heterocycles. The predicted octanol–water partition coefficient (Wildman–Crippen LogP) is 4.25. The number of anilines is 2. The molecular formula is C25H22BrN3O5. The third-order valence-electron chi connectivity index (χ3n) is 5.93. The molecule has 8 nitrogen and oxygen atoms in total. The van der Waals surface area contributed by atoms with Crippen LogP contribution in [-0.4, -0.2) is 23.8 Å². The number of fused-ring (bicyclic) bond motifs is 2. The molecule has 0 aliphatic carbocycles. The van der Waals surface area contributed by atoms with E-state index in [1.807, 2.05) is 19.1 Å². The lowest BCUT2D eigenvalue weighted by Gasteiger charge is -2.42. The fourth-order valence-corrected chi connectivity index (χ4v) is 4.48. The van der Waals surface area contributed by atoms with E-state index in [0.29, 0.717) is 27.3 Å². The molecule has 1 atom stereocenters. The summed E-state index contributed by atoms with van der Waals surface area (Å²) >= 11 is 3.41. The number of nitrogens with one attached hydrogen (secondary N) is 2. The number of carbonyl (C=O) groups is 2. The summed E-state index contributed by atoms with van der Waals surface area (Å²) in [5.74, 6) is 0.492. The summed E-state index contributed by atoms with van der Waals surface area (Å²) in [6.07, 6.45) is 0.822. The minimum Gasteiger partial charge on any atom is -0.454 e. The first-order chi connectivity index (χ1) is 16.4. The van der Waals surface area contributed by atoms with Crippen LogP contribution in [0.4, 0.5) is 16.2 Å². The van der Waals surface area contributed by atoms with Gasteiger partial charge < -0.3 is 25.2 Å². The molecule has 174 valence electrons.